The van der Waals surface area contributed by atoms with Gasteiger partial charge >= 0.3 is 0 Å². The maximum absolute atomic E-state index is 5.56. The number of fused-ring (bicyclic) bond motifs is 1. The molecule has 1 atom stereocenters. The standard InChI is InChI=1S/C25H25N3O/c1-2-12-28(11-1)18-19-5-9-23(10-6-19)27-17-22-16-26-15-21-8-7-20(14-24(21)22)25-4-3-13-29-25/h3-10,13-14,16-17,22H,1-2,11-12,15,18H2. The minimum Gasteiger partial charge on any atom is -0.464 e. The Morgan fingerprint density at radius 2 is 1.93 bits per heavy atom. The van der Waals surface area contributed by atoms with Crippen molar-refractivity contribution in [2.75, 3.05) is 13.1 Å². The number of nitrogens with zero attached hydrogens (tertiary/aromatic N) is 3. The molecule has 1 unspecified atom stereocenters. The second-order valence-corrected chi connectivity index (χ2v) is 7.83. The first kappa shape index (κ1) is 18.1. The highest BCUT2D eigenvalue weighted by molar-refractivity contribution is 5.93. The summed E-state index contributed by atoms with van der Waals surface area (Å²) in [7, 11) is 0. The molecule has 0 amide bonds. The first-order chi connectivity index (χ1) is 14.3. The van der Waals surface area contributed by atoms with Crippen molar-refractivity contribution in [2.24, 2.45) is 9.98 Å². The van der Waals surface area contributed by atoms with Gasteiger partial charge in [-0.2, -0.15) is 0 Å². The molecule has 146 valence electrons. The maximum Gasteiger partial charge on any atom is 0.133 e. The van der Waals surface area contributed by atoms with Crippen LogP contribution in [0.15, 0.2) is 75.3 Å². The molecule has 2 aliphatic rings. The van der Waals surface area contributed by atoms with Gasteiger partial charge in [-0.1, -0.05) is 24.3 Å². The van der Waals surface area contributed by atoms with E-state index in [9.17, 15) is 0 Å². The van der Waals surface area contributed by atoms with E-state index in [-0.39, 0.29) is 5.92 Å². The lowest BCUT2D eigenvalue weighted by Gasteiger charge is -2.18. The van der Waals surface area contributed by atoms with Gasteiger partial charge in [-0.05, 0) is 73.0 Å². The van der Waals surface area contributed by atoms with Gasteiger partial charge in [0.2, 0.25) is 0 Å². The molecule has 4 nitrogen and oxygen atoms in total. The van der Waals surface area contributed by atoms with E-state index in [1.807, 2.05) is 24.6 Å². The molecule has 29 heavy (non-hydrogen) atoms. The molecule has 3 heterocycles. The molecule has 0 aliphatic carbocycles. The van der Waals surface area contributed by atoms with Gasteiger partial charge in [0.25, 0.3) is 0 Å². The molecular formula is C25H25N3O. The molecule has 0 saturated carbocycles. The van der Waals surface area contributed by atoms with E-state index in [0.29, 0.717) is 0 Å². The van der Waals surface area contributed by atoms with Crippen LogP contribution >= 0.6 is 0 Å². The first-order valence-electron chi connectivity index (χ1n) is 10.4. The third kappa shape index (κ3) is 4.08. The number of rotatable bonds is 5. The lowest BCUT2D eigenvalue weighted by atomic mass is 9.91. The summed E-state index contributed by atoms with van der Waals surface area (Å²) >= 11 is 0. The molecule has 0 radical (unpaired) electrons. The van der Waals surface area contributed by atoms with Crippen LogP contribution in [0.2, 0.25) is 0 Å². The highest BCUT2D eigenvalue weighted by Crippen LogP contribution is 2.29. The lowest BCUT2D eigenvalue weighted by molar-refractivity contribution is 0.331. The summed E-state index contributed by atoms with van der Waals surface area (Å²) in [5.41, 5.74) is 5.94. The number of likely N-dealkylation sites (tertiary alicyclic amines) is 1. The van der Waals surface area contributed by atoms with Gasteiger partial charge in [-0.25, -0.2) is 0 Å². The van der Waals surface area contributed by atoms with Crippen LogP contribution in [-0.4, -0.2) is 30.4 Å². The van der Waals surface area contributed by atoms with Crippen LogP contribution in [0.3, 0.4) is 0 Å². The molecule has 1 fully saturated rings. The number of benzene rings is 2. The molecule has 0 spiro atoms. The van der Waals surface area contributed by atoms with E-state index >= 15 is 0 Å². The SMILES string of the molecule is C1=NCc2ccc(-c3ccco3)cc2C1C=Nc1ccc(CN2CCCC2)cc1. The number of furan rings is 1. The topological polar surface area (TPSA) is 41.1 Å². The Kier molecular flexibility index (Phi) is 5.10. The molecule has 2 aliphatic heterocycles. The summed E-state index contributed by atoms with van der Waals surface area (Å²) in [6.07, 6.45) is 8.37. The largest absolute Gasteiger partial charge is 0.464 e. The number of aliphatic imine (C=N–C) groups is 2. The van der Waals surface area contributed by atoms with Crippen molar-refractivity contribution in [1.29, 1.82) is 0 Å². The van der Waals surface area contributed by atoms with E-state index < -0.39 is 0 Å². The first-order valence-corrected chi connectivity index (χ1v) is 10.4. The van der Waals surface area contributed by atoms with E-state index in [1.165, 1.54) is 42.6 Å². The molecule has 0 N–H and O–H groups in total. The predicted molar refractivity (Wildman–Crippen MR) is 118 cm³/mol. The van der Waals surface area contributed by atoms with Crippen molar-refractivity contribution in [3.63, 3.8) is 0 Å². The summed E-state index contributed by atoms with van der Waals surface area (Å²) in [6.45, 7) is 4.21. The van der Waals surface area contributed by atoms with Crippen molar-refractivity contribution < 1.29 is 4.42 Å². The fraction of sp³-hybridized carbons (Fsp3) is 0.280. The Labute approximate surface area is 171 Å². The van der Waals surface area contributed by atoms with Crippen molar-refractivity contribution in [3.8, 4) is 11.3 Å². The van der Waals surface area contributed by atoms with Crippen LogP contribution in [0.1, 0.15) is 35.4 Å². The molecule has 1 saturated heterocycles. The van der Waals surface area contributed by atoms with E-state index in [0.717, 1.165) is 30.1 Å². The van der Waals surface area contributed by atoms with Crippen LogP contribution in [0, 0.1) is 0 Å². The van der Waals surface area contributed by atoms with E-state index in [1.54, 1.807) is 6.26 Å². The number of hydrogen-bond donors (Lipinski definition) is 0. The van der Waals surface area contributed by atoms with Crippen molar-refractivity contribution in [3.05, 3.63) is 77.6 Å². The Bertz CT molecular complexity index is 1010. The highest BCUT2D eigenvalue weighted by Gasteiger charge is 2.17. The summed E-state index contributed by atoms with van der Waals surface area (Å²) in [5, 5.41) is 0. The van der Waals surface area contributed by atoms with Gasteiger partial charge < -0.3 is 4.42 Å². The van der Waals surface area contributed by atoms with Crippen LogP contribution in [-0.2, 0) is 13.1 Å². The van der Waals surface area contributed by atoms with Crippen LogP contribution in [0.5, 0.6) is 0 Å². The van der Waals surface area contributed by atoms with Gasteiger partial charge in [0.1, 0.15) is 5.76 Å². The molecule has 2 aromatic carbocycles. The predicted octanol–water partition coefficient (Wildman–Crippen LogP) is 5.61. The second-order valence-electron chi connectivity index (χ2n) is 7.83. The second kappa shape index (κ2) is 8.18. The Balaban J connectivity index is 1.32. The average molecular weight is 383 g/mol. The minimum atomic E-state index is 0.0814. The van der Waals surface area contributed by atoms with Crippen LogP contribution in [0.4, 0.5) is 5.69 Å². The smallest absolute Gasteiger partial charge is 0.133 e. The third-order valence-electron chi connectivity index (χ3n) is 5.76. The average Bonchev–Trinajstić information content (AvgIpc) is 3.47. The van der Waals surface area contributed by atoms with E-state index in [2.05, 4.69) is 52.4 Å². The van der Waals surface area contributed by atoms with Crippen molar-refractivity contribution in [1.82, 2.24) is 4.90 Å². The zero-order valence-corrected chi connectivity index (χ0v) is 16.5. The molecular weight excluding hydrogens is 358 g/mol. The third-order valence-corrected chi connectivity index (χ3v) is 5.76. The highest BCUT2D eigenvalue weighted by atomic mass is 16.3. The van der Waals surface area contributed by atoms with Gasteiger partial charge in [0, 0.05) is 24.5 Å². The molecule has 1 aromatic heterocycles. The Hall–Kier alpha value is -2.98. The van der Waals surface area contributed by atoms with Gasteiger partial charge in [-0.3, -0.25) is 14.9 Å². The fourth-order valence-electron chi connectivity index (χ4n) is 4.16. The van der Waals surface area contributed by atoms with E-state index in [4.69, 9.17) is 9.41 Å². The van der Waals surface area contributed by atoms with Gasteiger partial charge in [0.15, 0.2) is 0 Å². The summed E-state index contributed by atoms with van der Waals surface area (Å²) in [6, 6.07) is 19.0. The monoisotopic (exact) mass is 383 g/mol. The fourth-order valence-corrected chi connectivity index (χ4v) is 4.16. The summed E-state index contributed by atoms with van der Waals surface area (Å²) < 4.78 is 5.56. The minimum absolute atomic E-state index is 0.0814. The zero-order chi connectivity index (χ0) is 19.5. The van der Waals surface area contributed by atoms with Crippen LogP contribution in [0.25, 0.3) is 11.3 Å². The zero-order valence-electron chi connectivity index (χ0n) is 16.5. The Morgan fingerprint density at radius 3 is 2.72 bits per heavy atom. The summed E-state index contributed by atoms with van der Waals surface area (Å²) in [4.78, 5) is 11.8. The maximum atomic E-state index is 5.56. The van der Waals surface area contributed by atoms with Crippen molar-refractivity contribution >= 4 is 18.1 Å². The molecule has 4 heteroatoms. The molecule has 0 bridgehead atoms. The number of hydrogen-bond acceptors (Lipinski definition) is 4. The Morgan fingerprint density at radius 1 is 1.07 bits per heavy atom. The quantitative estimate of drug-likeness (QED) is 0.537. The lowest BCUT2D eigenvalue weighted by Crippen LogP contribution is -2.18. The normalized spacial score (nSPS) is 19.1. The van der Waals surface area contributed by atoms with Crippen LogP contribution < -0.4 is 0 Å². The van der Waals surface area contributed by atoms with Gasteiger partial charge in [0.05, 0.1) is 24.4 Å². The summed E-state index contributed by atoms with van der Waals surface area (Å²) in [5.74, 6) is 0.970. The van der Waals surface area contributed by atoms with Gasteiger partial charge in [-0.15, -0.1) is 0 Å². The molecule has 3 aromatic rings. The molecule has 5 rings (SSSR count). The van der Waals surface area contributed by atoms with Crippen molar-refractivity contribution in [2.45, 2.75) is 31.8 Å².